The van der Waals surface area contributed by atoms with Crippen LogP contribution in [0.1, 0.15) is 30.7 Å². The maximum atomic E-state index is 12.1. The summed E-state index contributed by atoms with van der Waals surface area (Å²) in [6, 6.07) is 8.11. The van der Waals surface area contributed by atoms with Gasteiger partial charge in [0.05, 0.1) is 18.0 Å². The Morgan fingerprint density at radius 1 is 1.28 bits per heavy atom. The molecule has 0 aromatic heterocycles. The number of fused-ring (bicyclic) bond motifs is 4. The number of rotatable bonds is 1. The molecule has 0 spiro atoms. The Morgan fingerprint density at radius 2 is 2.00 bits per heavy atom. The van der Waals surface area contributed by atoms with Gasteiger partial charge in [-0.3, -0.25) is 4.31 Å². The average molecular weight is 377 g/mol. The van der Waals surface area contributed by atoms with Crippen LogP contribution in [-0.2, 0) is 10.0 Å². The first-order valence-corrected chi connectivity index (χ1v) is 9.32. The molecule has 1 fully saturated rings. The molecule has 2 bridgehead atoms. The van der Waals surface area contributed by atoms with Crippen molar-refractivity contribution in [3.8, 4) is 0 Å². The van der Waals surface area contributed by atoms with Crippen LogP contribution >= 0.6 is 22.6 Å². The maximum Gasteiger partial charge on any atom is 0.232 e. The molecule has 0 amide bonds. The lowest BCUT2D eigenvalue weighted by Crippen LogP contribution is -2.52. The Kier molecular flexibility index (Phi) is 3.09. The smallest absolute Gasteiger partial charge is 0.232 e. The summed E-state index contributed by atoms with van der Waals surface area (Å²) in [6.07, 6.45) is 4.60. The number of hydrogen-bond donors (Lipinski definition) is 0. The molecule has 18 heavy (non-hydrogen) atoms. The van der Waals surface area contributed by atoms with Crippen molar-refractivity contribution in [1.82, 2.24) is 0 Å². The second-order valence-corrected chi connectivity index (χ2v) is 8.46. The summed E-state index contributed by atoms with van der Waals surface area (Å²) in [5, 5.41) is 0. The molecule has 5 heteroatoms. The van der Waals surface area contributed by atoms with E-state index in [2.05, 4.69) is 28.7 Å². The predicted octanol–water partition coefficient (Wildman–Crippen LogP) is 2.91. The fourth-order valence-corrected chi connectivity index (χ4v) is 6.21. The molecule has 2 aliphatic rings. The van der Waals surface area contributed by atoms with Gasteiger partial charge in [-0.05, 0) is 30.4 Å². The minimum atomic E-state index is -3.19. The first-order chi connectivity index (χ1) is 8.50. The van der Waals surface area contributed by atoms with Crippen molar-refractivity contribution >= 4 is 38.3 Å². The van der Waals surface area contributed by atoms with E-state index in [1.807, 2.05) is 18.2 Å². The van der Waals surface area contributed by atoms with Gasteiger partial charge in [-0.2, -0.15) is 0 Å². The summed E-state index contributed by atoms with van der Waals surface area (Å²) in [7, 11) is -3.19. The second-order valence-electron chi connectivity index (χ2n) is 5.17. The SMILES string of the molecule is CS(=O)(=O)N1c2ccccc2C2CCCC1C2I. The molecular formula is C13H16INO2S. The highest BCUT2D eigenvalue weighted by molar-refractivity contribution is 14.1. The van der Waals surface area contributed by atoms with Crippen LogP contribution in [0, 0.1) is 0 Å². The van der Waals surface area contributed by atoms with Gasteiger partial charge in [0.1, 0.15) is 0 Å². The standard InChI is InChI=1S/C13H16INO2S/c1-18(16,17)15-11-7-3-2-5-9(11)10-6-4-8-12(15)13(10)14/h2-3,5,7,10,12-13H,4,6,8H2,1H3. The number of benzene rings is 1. The normalized spacial score (nSPS) is 31.0. The first-order valence-electron chi connectivity index (χ1n) is 6.22. The van der Waals surface area contributed by atoms with Gasteiger partial charge in [-0.15, -0.1) is 0 Å². The Labute approximate surface area is 122 Å². The number of anilines is 1. The number of nitrogens with zero attached hydrogens (tertiary/aromatic N) is 1. The summed E-state index contributed by atoms with van der Waals surface area (Å²) in [5.74, 6) is 0.513. The van der Waals surface area contributed by atoms with E-state index >= 15 is 0 Å². The second kappa shape index (κ2) is 4.37. The molecule has 1 aliphatic heterocycles. The van der Waals surface area contributed by atoms with E-state index in [4.69, 9.17) is 0 Å². The monoisotopic (exact) mass is 377 g/mol. The van der Waals surface area contributed by atoms with Crippen molar-refractivity contribution in [2.75, 3.05) is 10.6 Å². The van der Waals surface area contributed by atoms with E-state index in [0.29, 0.717) is 9.84 Å². The van der Waals surface area contributed by atoms with E-state index in [1.54, 1.807) is 4.31 Å². The number of para-hydroxylation sites is 1. The van der Waals surface area contributed by atoms with Crippen molar-refractivity contribution < 1.29 is 8.42 Å². The van der Waals surface area contributed by atoms with Gasteiger partial charge in [0, 0.05) is 3.92 Å². The summed E-state index contributed by atoms with van der Waals surface area (Å²) >= 11 is 2.44. The van der Waals surface area contributed by atoms with Gasteiger partial charge in [0.2, 0.25) is 10.0 Å². The van der Waals surface area contributed by atoms with Crippen LogP contribution in [0.5, 0.6) is 0 Å². The number of alkyl halides is 1. The van der Waals surface area contributed by atoms with Crippen LogP contribution < -0.4 is 4.31 Å². The van der Waals surface area contributed by atoms with Gasteiger partial charge in [-0.25, -0.2) is 8.42 Å². The maximum absolute atomic E-state index is 12.1. The molecule has 0 N–H and O–H groups in total. The molecule has 0 radical (unpaired) electrons. The van der Waals surface area contributed by atoms with Crippen LogP contribution in [-0.4, -0.2) is 24.6 Å². The first kappa shape index (κ1) is 12.7. The molecule has 3 nitrogen and oxygen atoms in total. The van der Waals surface area contributed by atoms with Crippen molar-refractivity contribution in [3.05, 3.63) is 29.8 Å². The average Bonchev–Trinajstić information content (AvgIpc) is 2.28. The summed E-state index contributed by atoms with van der Waals surface area (Å²) in [4.78, 5) is 0. The van der Waals surface area contributed by atoms with Crippen molar-refractivity contribution in [1.29, 1.82) is 0 Å². The van der Waals surface area contributed by atoms with Crippen LogP contribution in [0.25, 0.3) is 0 Å². The van der Waals surface area contributed by atoms with Crippen molar-refractivity contribution in [2.45, 2.75) is 35.1 Å². The minimum Gasteiger partial charge on any atom is -0.266 e. The number of sulfonamides is 1. The molecule has 3 atom stereocenters. The highest BCUT2D eigenvalue weighted by Gasteiger charge is 2.45. The van der Waals surface area contributed by atoms with Crippen molar-refractivity contribution in [2.24, 2.45) is 0 Å². The number of hydrogen-bond acceptors (Lipinski definition) is 2. The molecule has 1 heterocycles. The largest absolute Gasteiger partial charge is 0.266 e. The van der Waals surface area contributed by atoms with E-state index in [0.717, 1.165) is 18.5 Å². The highest BCUT2D eigenvalue weighted by atomic mass is 127. The molecule has 3 rings (SSSR count). The zero-order valence-electron chi connectivity index (χ0n) is 10.2. The molecular weight excluding hydrogens is 361 g/mol. The Morgan fingerprint density at radius 3 is 2.72 bits per heavy atom. The third-order valence-corrected chi connectivity index (χ3v) is 6.88. The third kappa shape index (κ3) is 1.86. The molecule has 0 saturated heterocycles. The molecule has 1 aliphatic carbocycles. The lowest BCUT2D eigenvalue weighted by atomic mass is 9.77. The van der Waals surface area contributed by atoms with E-state index in [1.165, 1.54) is 18.2 Å². The van der Waals surface area contributed by atoms with Crippen LogP contribution in [0.3, 0.4) is 0 Å². The van der Waals surface area contributed by atoms with Crippen LogP contribution in [0.15, 0.2) is 24.3 Å². The molecule has 3 unspecified atom stereocenters. The molecule has 1 aromatic carbocycles. The Hall–Kier alpha value is -0.300. The summed E-state index contributed by atoms with van der Waals surface area (Å²) in [6.45, 7) is 0. The topological polar surface area (TPSA) is 37.4 Å². The molecule has 1 aromatic rings. The quantitative estimate of drug-likeness (QED) is 0.558. The summed E-state index contributed by atoms with van der Waals surface area (Å²) in [5.41, 5.74) is 2.11. The van der Waals surface area contributed by atoms with Gasteiger partial charge in [0.25, 0.3) is 0 Å². The Balaban J connectivity index is 2.23. The summed E-state index contributed by atoms with van der Waals surface area (Å²) < 4.78 is 26.3. The third-order valence-electron chi connectivity index (χ3n) is 4.00. The highest BCUT2D eigenvalue weighted by Crippen LogP contribution is 2.49. The van der Waals surface area contributed by atoms with Crippen LogP contribution in [0.2, 0.25) is 0 Å². The lowest BCUT2D eigenvalue weighted by molar-refractivity contribution is 0.399. The van der Waals surface area contributed by atoms with Gasteiger partial charge < -0.3 is 0 Å². The van der Waals surface area contributed by atoms with E-state index in [-0.39, 0.29) is 6.04 Å². The van der Waals surface area contributed by atoms with Gasteiger partial charge >= 0.3 is 0 Å². The van der Waals surface area contributed by atoms with Gasteiger partial charge in [0.15, 0.2) is 0 Å². The number of halogens is 1. The van der Waals surface area contributed by atoms with E-state index in [9.17, 15) is 8.42 Å². The molecule has 98 valence electrons. The zero-order valence-corrected chi connectivity index (χ0v) is 13.2. The van der Waals surface area contributed by atoms with Crippen molar-refractivity contribution in [3.63, 3.8) is 0 Å². The van der Waals surface area contributed by atoms with Gasteiger partial charge in [-0.1, -0.05) is 47.2 Å². The van der Waals surface area contributed by atoms with E-state index < -0.39 is 10.0 Å². The zero-order chi connectivity index (χ0) is 12.9. The fourth-order valence-electron chi connectivity index (χ4n) is 3.31. The molecule has 1 saturated carbocycles. The Bertz CT molecular complexity index is 572. The van der Waals surface area contributed by atoms with Crippen LogP contribution in [0.4, 0.5) is 5.69 Å². The minimum absolute atomic E-state index is 0.134. The lowest BCUT2D eigenvalue weighted by Gasteiger charge is -2.47. The predicted molar refractivity (Wildman–Crippen MR) is 82.0 cm³/mol. The fraction of sp³-hybridized carbons (Fsp3) is 0.538.